The lowest BCUT2D eigenvalue weighted by Crippen LogP contribution is -2.18. The van der Waals surface area contributed by atoms with Gasteiger partial charge in [-0.3, -0.25) is 0 Å². The van der Waals surface area contributed by atoms with Crippen molar-refractivity contribution in [3.05, 3.63) is 116 Å². The number of ether oxygens (including phenoxy) is 2. The number of benzene rings is 3. The SMILES string of the molecule is CCCCc1nc(Cl)c(CO)n1Cc1ccc(-c2ccccc2-c2nnn(C(C)OC(=O)OCc3cccc(CO[N+](=O)[O-])c3)n2)cc1. The smallest absolute Gasteiger partial charge is 0.429 e. The van der Waals surface area contributed by atoms with Gasteiger partial charge in [-0.05, 0) is 46.4 Å². The third kappa shape index (κ3) is 8.52. The lowest BCUT2D eigenvalue weighted by Gasteiger charge is -2.13. The van der Waals surface area contributed by atoms with Gasteiger partial charge in [-0.1, -0.05) is 97.7 Å². The maximum atomic E-state index is 12.4. The van der Waals surface area contributed by atoms with E-state index < -0.39 is 17.5 Å². The quantitative estimate of drug-likeness (QED) is 0.0748. The summed E-state index contributed by atoms with van der Waals surface area (Å²) in [6.07, 6.45) is 0.908. The molecule has 2 heterocycles. The molecular formula is C33H34ClN7O7. The predicted molar refractivity (Wildman–Crippen MR) is 174 cm³/mol. The Bertz CT molecular complexity index is 1860. The molecule has 48 heavy (non-hydrogen) atoms. The third-order valence-corrected chi connectivity index (χ3v) is 7.79. The van der Waals surface area contributed by atoms with Crippen molar-refractivity contribution in [3.8, 4) is 22.5 Å². The van der Waals surface area contributed by atoms with Crippen LogP contribution in [0.1, 0.15) is 61.1 Å². The van der Waals surface area contributed by atoms with Crippen LogP contribution in [-0.4, -0.2) is 46.1 Å². The maximum absolute atomic E-state index is 12.4. The summed E-state index contributed by atoms with van der Waals surface area (Å²) in [6.45, 7) is 3.70. The number of imidazole rings is 1. The largest absolute Gasteiger partial charge is 0.510 e. The first-order chi connectivity index (χ1) is 23.2. The van der Waals surface area contributed by atoms with Gasteiger partial charge in [-0.15, -0.1) is 25.1 Å². The Kier molecular flexibility index (Phi) is 11.3. The number of unbranched alkanes of at least 4 members (excludes halogenated alkanes) is 1. The van der Waals surface area contributed by atoms with Gasteiger partial charge in [0.15, 0.2) is 5.15 Å². The highest BCUT2D eigenvalue weighted by Gasteiger charge is 2.19. The van der Waals surface area contributed by atoms with Crippen LogP contribution < -0.4 is 0 Å². The lowest BCUT2D eigenvalue weighted by atomic mass is 9.98. The summed E-state index contributed by atoms with van der Waals surface area (Å²) in [6, 6.07) is 22.4. The van der Waals surface area contributed by atoms with Gasteiger partial charge in [0, 0.05) is 18.5 Å². The van der Waals surface area contributed by atoms with Crippen molar-refractivity contribution in [2.75, 3.05) is 0 Å². The Morgan fingerprint density at radius 1 is 1.02 bits per heavy atom. The molecule has 3 aromatic carbocycles. The van der Waals surface area contributed by atoms with Crippen LogP contribution in [0.15, 0.2) is 72.8 Å². The Balaban J connectivity index is 1.23. The zero-order valence-corrected chi connectivity index (χ0v) is 27.1. The fourth-order valence-electron chi connectivity index (χ4n) is 5.06. The van der Waals surface area contributed by atoms with E-state index in [1.807, 2.05) is 53.1 Å². The van der Waals surface area contributed by atoms with Crippen molar-refractivity contribution in [3.63, 3.8) is 0 Å². The van der Waals surface area contributed by atoms with Crippen molar-refractivity contribution in [1.29, 1.82) is 0 Å². The second-order valence-corrected chi connectivity index (χ2v) is 11.2. The number of carbonyl (C=O) groups excluding carboxylic acids is 1. The fourth-order valence-corrected chi connectivity index (χ4v) is 5.32. The van der Waals surface area contributed by atoms with Crippen molar-refractivity contribution in [2.24, 2.45) is 0 Å². The molecule has 0 bridgehead atoms. The standard InChI is InChI=1S/C33H34ClN7O7/c1-3-4-12-30-35-31(34)29(19-42)39(30)18-23-13-15-26(16-14-23)27-10-5-6-11-28(27)32-36-38-40(37-32)22(2)48-33(43)46-20-24-8-7-9-25(17-24)21-47-41(44)45/h5-11,13-17,22,42H,3-4,12,18-21H2,1-2H3. The highest BCUT2D eigenvalue weighted by Crippen LogP contribution is 2.31. The molecule has 0 aliphatic rings. The number of aromatic nitrogens is 6. The van der Waals surface area contributed by atoms with Gasteiger partial charge in [0.1, 0.15) is 19.0 Å². The van der Waals surface area contributed by atoms with Crippen LogP contribution in [0.5, 0.6) is 0 Å². The van der Waals surface area contributed by atoms with Crippen LogP contribution in [0.3, 0.4) is 0 Å². The molecule has 1 N–H and O–H groups in total. The molecule has 15 heteroatoms. The predicted octanol–water partition coefficient (Wildman–Crippen LogP) is 6.32. The van der Waals surface area contributed by atoms with E-state index in [1.54, 1.807) is 31.2 Å². The van der Waals surface area contributed by atoms with E-state index >= 15 is 0 Å². The molecule has 1 atom stereocenters. The van der Waals surface area contributed by atoms with Crippen molar-refractivity contribution in [1.82, 2.24) is 29.8 Å². The number of tetrazole rings is 1. The second kappa shape index (κ2) is 16.0. The second-order valence-electron chi connectivity index (χ2n) is 10.9. The van der Waals surface area contributed by atoms with E-state index in [0.717, 1.165) is 47.3 Å². The van der Waals surface area contributed by atoms with Gasteiger partial charge < -0.3 is 24.0 Å². The first-order valence-corrected chi connectivity index (χ1v) is 15.6. The third-order valence-electron chi connectivity index (χ3n) is 7.49. The lowest BCUT2D eigenvalue weighted by molar-refractivity contribution is -0.763. The molecule has 0 fully saturated rings. The van der Waals surface area contributed by atoms with E-state index in [2.05, 4.69) is 32.2 Å². The van der Waals surface area contributed by atoms with Crippen LogP contribution in [-0.2, 0) is 47.1 Å². The monoisotopic (exact) mass is 675 g/mol. The molecule has 0 radical (unpaired) electrons. The van der Waals surface area contributed by atoms with Crippen LogP contribution in [0.25, 0.3) is 22.5 Å². The summed E-state index contributed by atoms with van der Waals surface area (Å²) in [5.41, 5.74) is 5.34. The number of aliphatic hydroxyl groups is 1. The molecule has 0 aliphatic carbocycles. The Hall–Kier alpha value is -5.34. The van der Waals surface area contributed by atoms with Crippen molar-refractivity contribution < 1.29 is 29.3 Å². The van der Waals surface area contributed by atoms with E-state index in [4.69, 9.17) is 21.1 Å². The van der Waals surface area contributed by atoms with Gasteiger partial charge in [0.25, 0.3) is 5.09 Å². The number of hydrogen-bond acceptors (Lipinski definition) is 11. The minimum Gasteiger partial charge on any atom is -0.429 e. The first kappa shape index (κ1) is 34.0. The number of nitrogens with zero attached hydrogens (tertiary/aromatic N) is 7. The number of aliphatic hydroxyl groups excluding tert-OH is 1. The van der Waals surface area contributed by atoms with E-state index in [1.165, 1.54) is 4.80 Å². The molecule has 1 unspecified atom stereocenters. The zero-order valence-electron chi connectivity index (χ0n) is 26.4. The maximum Gasteiger partial charge on any atom is 0.510 e. The molecule has 0 saturated heterocycles. The highest BCUT2D eigenvalue weighted by atomic mass is 35.5. The molecular weight excluding hydrogens is 642 g/mol. The first-order valence-electron chi connectivity index (χ1n) is 15.3. The minimum atomic E-state index is -0.949. The van der Waals surface area contributed by atoms with Crippen LogP contribution >= 0.6 is 11.6 Å². The summed E-state index contributed by atoms with van der Waals surface area (Å²) < 4.78 is 12.5. The van der Waals surface area contributed by atoms with Gasteiger partial charge in [0.05, 0.1) is 12.3 Å². The van der Waals surface area contributed by atoms with Gasteiger partial charge in [-0.25, -0.2) is 9.78 Å². The highest BCUT2D eigenvalue weighted by molar-refractivity contribution is 6.30. The Labute approximate surface area is 281 Å². The van der Waals surface area contributed by atoms with Crippen molar-refractivity contribution in [2.45, 2.75) is 65.7 Å². The summed E-state index contributed by atoms with van der Waals surface area (Å²) in [7, 11) is 0. The molecule has 0 saturated carbocycles. The van der Waals surface area contributed by atoms with Crippen LogP contribution in [0.2, 0.25) is 5.15 Å². The molecule has 14 nitrogen and oxygen atoms in total. The van der Waals surface area contributed by atoms with Gasteiger partial charge in [0.2, 0.25) is 12.1 Å². The minimum absolute atomic E-state index is 0.112. The van der Waals surface area contributed by atoms with E-state index in [-0.39, 0.29) is 19.8 Å². The van der Waals surface area contributed by atoms with E-state index in [0.29, 0.717) is 34.3 Å². The average molecular weight is 676 g/mol. The number of carbonyl (C=O) groups is 1. The number of rotatable bonds is 15. The summed E-state index contributed by atoms with van der Waals surface area (Å²) in [5, 5.41) is 32.6. The van der Waals surface area contributed by atoms with Gasteiger partial charge >= 0.3 is 6.16 Å². The van der Waals surface area contributed by atoms with E-state index in [9.17, 15) is 20.0 Å². The Morgan fingerprint density at radius 3 is 2.46 bits per heavy atom. The summed E-state index contributed by atoms with van der Waals surface area (Å²) in [5.74, 6) is 1.20. The number of hydrogen-bond donors (Lipinski definition) is 1. The summed E-state index contributed by atoms with van der Waals surface area (Å²) >= 11 is 6.32. The molecule has 0 amide bonds. The normalized spacial score (nSPS) is 11.7. The van der Waals surface area contributed by atoms with Crippen LogP contribution in [0.4, 0.5) is 4.79 Å². The topological polar surface area (TPSA) is 170 Å². The number of aryl methyl sites for hydroxylation is 1. The van der Waals surface area contributed by atoms with Gasteiger partial charge in [-0.2, -0.15) is 0 Å². The fraction of sp³-hybridized carbons (Fsp3) is 0.303. The molecule has 5 aromatic rings. The average Bonchev–Trinajstić information content (AvgIpc) is 3.70. The van der Waals surface area contributed by atoms with Crippen LogP contribution in [0, 0.1) is 10.1 Å². The molecule has 2 aromatic heterocycles. The zero-order chi connectivity index (χ0) is 34.0. The molecule has 250 valence electrons. The van der Waals surface area contributed by atoms with Crippen molar-refractivity contribution >= 4 is 17.8 Å². The molecule has 0 aliphatic heterocycles. The molecule has 0 spiro atoms. The Morgan fingerprint density at radius 2 is 1.75 bits per heavy atom. The summed E-state index contributed by atoms with van der Waals surface area (Å²) in [4.78, 5) is 32.9. The number of halogens is 1. The molecule has 5 rings (SSSR count).